The summed E-state index contributed by atoms with van der Waals surface area (Å²) in [4.78, 5) is 23.2. The minimum Gasteiger partial charge on any atom is -0.331 e. The SMILES string of the molecule is CC(=O)Nc1cccc([C@@H](C)NC(=O)Nc2ccc(Cl)cc2Cl)c1. The van der Waals surface area contributed by atoms with Crippen LogP contribution in [0, 0.1) is 0 Å². The monoisotopic (exact) mass is 365 g/mol. The third-order valence-corrected chi connectivity index (χ3v) is 3.78. The lowest BCUT2D eigenvalue weighted by molar-refractivity contribution is -0.114. The van der Waals surface area contributed by atoms with Gasteiger partial charge in [-0.25, -0.2) is 4.79 Å². The maximum atomic E-state index is 12.1. The molecule has 3 amide bonds. The first-order valence-electron chi connectivity index (χ1n) is 7.25. The summed E-state index contributed by atoms with van der Waals surface area (Å²) in [6.07, 6.45) is 0. The zero-order valence-electron chi connectivity index (χ0n) is 13.2. The van der Waals surface area contributed by atoms with Crippen LogP contribution < -0.4 is 16.0 Å². The Morgan fingerprint density at radius 2 is 1.79 bits per heavy atom. The van der Waals surface area contributed by atoms with Crippen LogP contribution in [0.1, 0.15) is 25.5 Å². The van der Waals surface area contributed by atoms with Crippen LogP contribution in [0.3, 0.4) is 0 Å². The van der Waals surface area contributed by atoms with Crippen molar-refractivity contribution < 1.29 is 9.59 Å². The molecule has 7 heteroatoms. The molecule has 2 rings (SSSR count). The molecule has 0 bridgehead atoms. The molecule has 2 aromatic carbocycles. The van der Waals surface area contributed by atoms with Gasteiger partial charge < -0.3 is 16.0 Å². The molecule has 2 aromatic rings. The number of benzene rings is 2. The van der Waals surface area contributed by atoms with Gasteiger partial charge >= 0.3 is 6.03 Å². The van der Waals surface area contributed by atoms with Crippen molar-refractivity contribution in [2.45, 2.75) is 19.9 Å². The molecule has 0 saturated carbocycles. The Balaban J connectivity index is 2.02. The van der Waals surface area contributed by atoms with E-state index in [1.807, 2.05) is 25.1 Å². The van der Waals surface area contributed by atoms with Crippen molar-refractivity contribution in [2.75, 3.05) is 10.6 Å². The number of urea groups is 1. The number of carbonyl (C=O) groups is 2. The summed E-state index contributed by atoms with van der Waals surface area (Å²) in [5.41, 5.74) is 2.01. The van der Waals surface area contributed by atoms with E-state index in [1.54, 1.807) is 24.3 Å². The van der Waals surface area contributed by atoms with Gasteiger partial charge in [-0.2, -0.15) is 0 Å². The molecule has 3 N–H and O–H groups in total. The summed E-state index contributed by atoms with van der Waals surface area (Å²) in [7, 11) is 0. The highest BCUT2D eigenvalue weighted by molar-refractivity contribution is 6.36. The molecule has 0 aromatic heterocycles. The zero-order chi connectivity index (χ0) is 17.7. The van der Waals surface area contributed by atoms with Gasteiger partial charge in [0.25, 0.3) is 0 Å². The summed E-state index contributed by atoms with van der Waals surface area (Å²) in [6, 6.07) is 11.4. The van der Waals surface area contributed by atoms with Crippen molar-refractivity contribution in [2.24, 2.45) is 0 Å². The van der Waals surface area contributed by atoms with Gasteiger partial charge in [0.1, 0.15) is 0 Å². The molecule has 0 saturated heterocycles. The molecule has 126 valence electrons. The van der Waals surface area contributed by atoms with Crippen LogP contribution in [0.5, 0.6) is 0 Å². The highest BCUT2D eigenvalue weighted by Crippen LogP contribution is 2.25. The fourth-order valence-electron chi connectivity index (χ4n) is 2.12. The molecule has 0 spiro atoms. The number of halogens is 2. The second-order valence-electron chi connectivity index (χ2n) is 5.25. The summed E-state index contributed by atoms with van der Waals surface area (Å²) >= 11 is 11.9. The minimum absolute atomic E-state index is 0.150. The maximum Gasteiger partial charge on any atom is 0.319 e. The Hall–Kier alpha value is -2.24. The van der Waals surface area contributed by atoms with E-state index in [2.05, 4.69) is 16.0 Å². The predicted molar refractivity (Wildman–Crippen MR) is 97.8 cm³/mol. The quantitative estimate of drug-likeness (QED) is 0.725. The minimum atomic E-state index is -0.392. The summed E-state index contributed by atoms with van der Waals surface area (Å²) < 4.78 is 0. The largest absolute Gasteiger partial charge is 0.331 e. The van der Waals surface area contributed by atoms with Gasteiger partial charge in [-0.15, -0.1) is 0 Å². The van der Waals surface area contributed by atoms with Crippen molar-refractivity contribution >= 4 is 46.5 Å². The first-order valence-corrected chi connectivity index (χ1v) is 8.01. The van der Waals surface area contributed by atoms with Gasteiger partial charge in [0.2, 0.25) is 5.91 Å². The molecule has 24 heavy (non-hydrogen) atoms. The van der Waals surface area contributed by atoms with E-state index in [0.717, 1.165) is 5.56 Å². The number of hydrogen-bond acceptors (Lipinski definition) is 2. The van der Waals surface area contributed by atoms with E-state index in [1.165, 1.54) is 6.92 Å². The molecule has 0 aliphatic rings. The van der Waals surface area contributed by atoms with Gasteiger partial charge in [-0.3, -0.25) is 4.79 Å². The number of amides is 3. The Morgan fingerprint density at radius 3 is 2.46 bits per heavy atom. The lowest BCUT2D eigenvalue weighted by Gasteiger charge is -2.16. The van der Waals surface area contributed by atoms with E-state index in [9.17, 15) is 9.59 Å². The van der Waals surface area contributed by atoms with Gasteiger partial charge in [0.15, 0.2) is 0 Å². The molecule has 0 heterocycles. The topological polar surface area (TPSA) is 70.2 Å². The van der Waals surface area contributed by atoms with E-state index in [0.29, 0.717) is 21.4 Å². The normalized spacial score (nSPS) is 11.5. The predicted octanol–water partition coefficient (Wildman–Crippen LogP) is 4.83. The molecule has 0 fully saturated rings. The van der Waals surface area contributed by atoms with Gasteiger partial charge in [-0.1, -0.05) is 35.3 Å². The molecular formula is C17H17Cl2N3O2. The van der Waals surface area contributed by atoms with E-state index in [4.69, 9.17) is 23.2 Å². The third-order valence-electron chi connectivity index (χ3n) is 3.23. The Kier molecular flexibility index (Phi) is 6.06. The number of hydrogen-bond donors (Lipinski definition) is 3. The van der Waals surface area contributed by atoms with Crippen LogP contribution in [-0.4, -0.2) is 11.9 Å². The molecule has 0 aliphatic carbocycles. The lowest BCUT2D eigenvalue weighted by Crippen LogP contribution is -2.31. The van der Waals surface area contributed by atoms with Crippen molar-refractivity contribution in [3.8, 4) is 0 Å². The van der Waals surface area contributed by atoms with Crippen LogP contribution in [-0.2, 0) is 4.79 Å². The van der Waals surface area contributed by atoms with Crippen molar-refractivity contribution in [1.82, 2.24) is 5.32 Å². The zero-order valence-corrected chi connectivity index (χ0v) is 14.7. The van der Waals surface area contributed by atoms with E-state index in [-0.39, 0.29) is 11.9 Å². The number of nitrogens with one attached hydrogen (secondary N) is 3. The maximum absolute atomic E-state index is 12.1. The fraction of sp³-hybridized carbons (Fsp3) is 0.176. The standard InChI is InChI=1S/C17H17Cl2N3O2/c1-10(12-4-3-5-14(8-12)21-11(2)23)20-17(24)22-16-7-6-13(18)9-15(16)19/h3-10H,1-2H3,(H,21,23)(H2,20,22,24)/t10-/m1/s1. The number of carbonyl (C=O) groups excluding carboxylic acids is 2. The van der Waals surface area contributed by atoms with Crippen LogP contribution in [0.2, 0.25) is 10.0 Å². The average Bonchev–Trinajstić information content (AvgIpc) is 2.49. The lowest BCUT2D eigenvalue weighted by atomic mass is 10.1. The fourth-order valence-corrected chi connectivity index (χ4v) is 2.57. The van der Waals surface area contributed by atoms with Crippen molar-refractivity contribution in [3.63, 3.8) is 0 Å². The Bertz CT molecular complexity index is 765. The van der Waals surface area contributed by atoms with Crippen LogP contribution in [0.15, 0.2) is 42.5 Å². The van der Waals surface area contributed by atoms with Crippen LogP contribution in [0.4, 0.5) is 16.2 Å². The third kappa shape index (κ3) is 5.15. The molecule has 1 atom stereocenters. The van der Waals surface area contributed by atoms with Gasteiger partial charge in [0.05, 0.1) is 16.8 Å². The first-order chi connectivity index (χ1) is 11.3. The first kappa shape index (κ1) is 18.1. The second-order valence-corrected chi connectivity index (χ2v) is 6.09. The van der Waals surface area contributed by atoms with Gasteiger partial charge in [-0.05, 0) is 42.8 Å². The van der Waals surface area contributed by atoms with E-state index >= 15 is 0 Å². The molecule has 0 radical (unpaired) electrons. The number of anilines is 2. The van der Waals surface area contributed by atoms with Crippen LogP contribution in [0.25, 0.3) is 0 Å². The van der Waals surface area contributed by atoms with Gasteiger partial charge in [0, 0.05) is 17.6 Å². The van der Waals surface area contributed by atoms with Crippen LogP contribution >= 0.6 is 23.2 Å². The summed E-state index contributed by atoms with van der Waals surface area (Å²) in [5.74, 6) is -0.150. The Morgan fingerprint density at radius 1 is 1.04 bits per heavy atom. The molecular weight excluding hydrogens is 349 g/mol. The van der Waals surface area contributed by atoms with Crippen molar-refractivity contribution in [1.29, 1.82) is 0 Å². The smallest absolute Gasteiger partial charge is 0.319 e. The summed E-state index contributed by atoms with van der Waals surface area (Å²) in [6.45, 7) is 3.29. The van der Waals surface area contributed by atoms with E-state index < -0.39 is 6.03 Å². The highest BCUT2D eigenvalue weighted by Gasteiger charge is 2.12. The molecule has 5 nitrogen and oxygen atoms in total. The molecule has 0 unspecified atom stereocenters. The van der Waals surface area contributed by atoms with Crippen molar-refractivity contribution in [3.05, 3.63) is 58.1 Å². The summed E-state index contributed by atoms with van der Waals surface area (Å²) in [5, 5.41) is 9.05. The molecule has 0 aliphatic heterocycles. The Labute approximate surface area is 150 Å². The average molecular weight is 366 g/mol. The highest BCUT2D eigenvalue weighted by atomic mass is 35.5. The second kappa shape index (κ2) is 8.04. The number of rotatable bonds is 4.